The van der Waals surface area contributed by atoms with Gasteiger partial charge >= 0.3 is 0 Å². The lowest BCUT2D eigenvalue weighted by atomic mass is 10.0. The average molecular weight is 354 g/mol. The average Bonchev–Trinajstić information content (AvgIpc) is 2.69. The zero-order chi connectivity index (χ0) is 17.8. The highest BCUT2D eigenvalue weighted by Crippen LogP contribution is 2.25. The van der Waals surface area contributed by atoms with E-state index in [1.165, 1.54) is 31.0 Å². The van der Waals surface area contributed by atoms with E-state index in [0.717, 1.165) is 50.4 Å². The van der Waals surface area contributed by atoms with E-state index < -0.39 is 0 Å². The van der Waals surface area contributed by atoms with Crippen molar-refractivity contribution in [1.82, 2.24) is 4.98 Å². The summed E-state index contributed by atoms with van der Waals surface area (Å²) in [6.45, 7) is 4.12. The van der Waals surface area contributed by atoms with E-state index in [-0.39, 0.29) is 5.82 Å². The van der Waals surface area contributed by atoms with Crippen molar-refractivity contribution in [2.24, 2.45) is 0 Å². The highest BCUT2D eigenvalue weighted by molar-refractivity contribution is 5.56. The predicted octanol–water partition coefficient (Wildman–Crippen LogP) is 4.29. The highest BCUT2D eigenvalue weighted by Gasteiger charge is 2.21. The lowest BCUT2D eigenvalue weighted by Gasteiger charge is -2.35. The molecule has 2 saturated heterocycles. The third kappa shape index (κ3) is 4.09. The molecule has 1 atom stereocenters. The Kier molecular flexibility index (Phi) is 5.23. The first-order chi connectivity index (χ1) is 12.8. The molecule has 0 amide bonds. The largest absolute Gasteiger partial charge is 0.379 e. The predicted molar refractivity (Wildman–Crippen MR) is 106 cm³/mol. The van der Waals surface area contributed by atoms with Gasteiger partial charge in [0, 0.05) is 37.9 Å². The van der Waals surface area contributed by atoms with Crippen molar-refractivity contribution >= 4 is 17.1 Å². The molecule has 0 bridgehead atoms. The second-order valence-corrected chi connectivity index (χ2v) is 7.39. The Morgan fingerprint density at radius 3 is 2.62 bits per heavy atom. The minimum Gasteiger partial charge on any atom is -0.379 e. The van der Waals surface area contributed by atoms with Crippen LogP contribution in [-0.2, 0) is 0 Å². The van der Waals surface area contributed by atoms with Crippen LogP contribution in [0.3, 0.4) is 0 Å². The molecule has 0 radical (unpaired) electrons. The molecule has 5 heteroatoms. The van der Waals surface area contributed by atoms with E-state index in [0.29, 0.717) is 6.04 Å². The summed E-state index contributed by atoms with van der Waals surface area (Å²) in [6.07, 6.45) is 9.98. The van der Waals surface area contributed by atoms with Gasteiger partial charge in [-0.25, -0.2) is 4.39 Å². The van der Waals surface area contributed by atoms with Crippen molar-refractivity contribution in [2.75, 3.05) is 41.3 Å². The van der Waals surface area contributed by atoms with Crippen LogP contribution in [-0.4, -0.2) is 37.2 Å². The van der Waals surface area contributed by atoms with Crippen LogP contribution in [0.2, 0.25) is 0 Å². The maximum Gasteiger partial charge on any atom is 0.125 e. The van der Waals surface area contributed by atoms with Crippen LogP contribution >= 0.6 is 0 Å². The highest BCUT2D eigenvalue weighted by atomic mass is 19.1. The van der Waals surface area contributed by atoms with Crippen molar-refractivity contribution in [3.8, 4) is 0 Å². The summed E-state index contributed by atoms with van der Waals surface area (Å²) in [5.41, 5.74) is 3.27. The van der Waals surface area contributed by atoms with E-state index in [4.69, 9.17) is 0 Å². The van der Waals surface area contributed by atoms with Crippen LogP contribution in [0.15, 0.2) is 42.7 Å². The molecule has 1 aromatic heterocycles. The molecule has 1 N–H and O–H groups in total. The first-order valence-electron chi connectivity index (χ1n) is 9.75. The number of hydrogen-bond acceptors (Lipinski definition) is 4. The molecule has 2 aliphatic heterocycles. The standard InChI is InChI=1S/C21H27FN4/c22-17-6-4-8-20(12-17)26-11-5-7-18(16-26)24-19-13-21(15-23-14-19)25-9-2-1-3-10-25/h4,6,8,12-15,18,24H,1-3,5,7,9-11,16H2/t18-/m1/s1. The van der Waals surface area contributed by atoms with Gasteiger partial charge in [0.15, 0.2) is 0 Å². The van der Waals surface area contributed by atoms with Crippen molar-refractivity contribution in [3.05, 3.63) is 48.5 Å². The van der Waals surface area contributed by atoms with Crippen LogP contribution in [0, 0.1) is 5.82 Å². The van der Waals surface area contributed by atoms with E-state index in [2.05, 4.69) is 26.2 Å². The third-order valence-electron chi connectivity index (χ3n) is 5.41. The molecule has 0 saturated carbocycles. The summed E-state index contributed by atoms with van der Waals surface area (Å²) >= 11 is 0. The molecule has 1 aromatic carbocycles. The Labute approximate surface area is 155 Å². The second kappa shape index (κ2) is 7.94. The molecule has 0 unspecified atom stereocenters. The van der Waals surface area contributed by atoms with E-state index >= 15 is 0 Å². The van der Waals surface area contributed by atoms with E-state index in [1.807, 2.05) is 18.5 Å². The minimum atomic E-state index is -0.170. The topological polar surface area (TPSA) is 31.4 Å². The van der Waals surface area contributed by atoms with Gasteiger partial charge in [0.25, 0.3) is 0 Å². The Hall–Kier alpha value is -2.30. The number of halogens is 1. The Morgan fingerprint density at radius 2 is 1.77 bits per heavy atom. The zero-order valence-corrected chi connectivity index (χ0v) is 15.2. The number of hydrogen-bond donors (Lipinski definition) is 1. The lowest BCUT2D eigenvalue weighted by Crippen LogP contribution is -2.42. The summed E-state index contributed by atoms with van der Waals surface area (Å²) in [6, 6.07) is 9.48. The van der Waals surface area contributed by atoms with E-state index in [9.17, 15) is 4.39 Å². The number of rotatable bonds is 4. The molecular formula is C21H27FN4. The van der Waals surface area contributed by atoms with Crippen LogP contribution in [0.4, 0.5) is 21.5 Å². The van der Waals surface area contributed by atoms with Gasteiger partial charge < -0.3 is 15.1 Å². The normalized spacial score (nSPS) is 20.9. The summed E-state index contributed by atoms with van der Waals surface area (Å²) < 4.78 is 13.5. The Bertz CT molecular complexity index is 729. The molecule has 0 aliphatic carbocycles. The van der Waals surface area contributed by atoms with Crippen LogP contribution in [0.25, 0.3) is 0 Å². The number of nitrogens with one attached hydrogen (secondary N) is 1. The van der Waals surface area contributed by atoms with Gasteiger partial charge in [0.05, 0.1) is 23.8 Å². The quantitative estimate of drug-likeness (QED) is 0.887. The second-order valence-electron chi connectivity index (χ2n) is 7.39. The van der Waals surface area contributed by atoms with Gasteiger partial charge in [0.1, 0.15) is 5.82 Å². The third-order valence-corrected chi connectivity index (χ3v) is 5.41. The maximum absolute atomic E-state index is 13.5. The molecule has 26 heavy (non-hydrogen) atoms. The van der Waals surface area contributed by atoms with Gasteiger partial charge in [-0.2, -0.15) is 0 Å². The van der Waals surface area contributed by atoms with Crippen LogP contribution in [0.5, 0.6) is 0 Å². The number of piperidine rings is 2. The lowest BCUT2D eigenvalue weighted by molar-refractivity contribution is 0.528. The maximum atomic E-state index is 13.5. The van der Waals surface area contributed by atoms with Crippen molar-refractivity contribution in [1.29, 1.82) is 0 Å². The molecule has 2 fully saturated rings. The van der Waals surface area contributed by atoms with Gasteiger partial charge in [-0.15, -0.1) is 0 Å². The smallest absolute Gasteiger partial charge is 0.125 e. The van der Waals surface area contributed by atoms with Gasteiger partial charge in [-0.3, -0.25) is 4.98 Å². The number of nitrogens with zero attached hydrogens (tertiary/aromatic N) is 3. The minimum absolute atomic E-state index is 0.170. The Balaban J connectivity index is 1.42. The number of benzene rings is 1. The molecule has 4 nitrogen and oxygen atoms in total. The fourth-order valence-electron chi connectivity index (χ4n) is 4.07. The van der Waals surface area contributed by atoms with Crippen LogP contribution < -0.4 is 15.1 Å². The molecular weight excluding hydrogens is 327 g/mol. The molecule has 2 aliphatic rings. The van der Waals surface area contributed by atoms with Crippen molar-refractivity contribution in [2.45, 2.75) is 38.1 Å². The summed E-state index contributed by atoms with van der Waals surface area (Å²) in [4.78, 5) is 9.15. The fourth-order valence-corrected chi connectivity index (χ4v) is 4.07. The molecule has 2 aromatic rings. The summed E-state index contributed by atoms with van der Waals surface area (Å²) in [5, 5.41) is 3.65. The van der Waals surface area contributed by atoms with Crippen LogP contribution in [0.1, 0.15) is 32.1 Å². The molecule has 3 heterocycles. The fraction of sp³-hybridized carbons (Fsp3) is 0.476. The summed E-state index contributed by atoms with van der Waals surface area (Å²) in [7, 11) is 0. The first-order valence-corrected chi connectivity index (χ1v) is 9.75. The Morgan fingerprint density at radius 1 is 0.923 bits per heavy atom. The molecule has 4 rings (SSSR count). The monoisotopic (exact) mass is 354 g/mol. The van der Waals surface area contributed by atoms with Gasteiger partial charge in [-0.05, 0) is 56.4 Å². The van der Waals surface area contributed by atoms with Gasteiger partial charge in [-0.1, -0.05) is 6.07 Å². The SMILES string of the molecule is Fc1cccc(N2CCC[C@@H](Nc3cncc(N4CCCCC4)c3)C2)c1. The summed E-state index contributed by atoms with van der Waals surface area (Å²) in [5.74, 6) is -0.170. The number of pyridine rings is 1. The van der Waals surface area contributed by atoms with Crippen molar-refractivity contribution in [3.63, 3.8) is 0 Å². The molecule has 0 spiro atoms. The zero-order valence-electron chi connectivity index (χ0n) is 15.2. The first kappa shape index (κ1) is 17.1. The van der Waals surface area contributed by atoms with E-state index in [1.54, 1.807) is 12.1 Å². The van der Waals surface area contributed by atoms with Crippen molar-refractivity contribution < 1.29 is 4.39 Å². The number of anilines is 3. The number of aromatic nitrogens is 1. The molecule has 138 valence electrons. The van der Waals surface area contributed by atoms with Gasteiger partial charge in [0.2, 0.25) is 0 Å².